The van der Waals surface area contributed by atoms with Crippen LogP contribution in [0.2, 0.25) is 0 Å². The first-order valence-electron chi connectivity index (χ1n) is 11.6. The quantitative estimate of drug-likeness (QED) is 0.633. The molecule has 174 valence electrons. The number of aliphatic carboxylic acids is 2. The lowest BCUT2D eigenvalue weighted by Crippen LogP contribution is -2.42. The summed E-state index contributed by atoms with van der Waals surface area (Å²) >= 11 is 0. The van der Waals surface area contributed by atoms with Gasteiger partial charge in [0.15, 0.2) is 0 Å². The van der Waals surface area contributed by atoms with Crippen molar-refractivity contribution in [3.05, 3.63) is 83.2 Å². The van der Waals surface area contributed by atoms with Crippen LogP contribution in [-0.2, 0) is 9.59 Å². The van der Waals surface area contributed by atoms with Crippen LogP contribution in [0.25, 0.3) is 0 Å². The Morgan fingerprint density at radius 1 is 0.909 bits per heavy atom. The molecule has 2 fully saturated rings. The highest BCUT2D eigenvalue weighted by Gasteiger charge is 2.40. The monoisotopic (exact) mass is 451 g/mol. The van der Waals surface area contributed by atoms with E-state index in [1.807, 2.05) is 12.1 Å². The Bertz CT molecular complexity index is 1020. The van der Waals surface area contributed by atoms with Gasteiger partial charge in [0, 0.05) is 31.2 Å². The van der Waals surface area contributed by atoms with E-state index in [9.17, 15) is 14.0 Å². The van der Waals surface area contributed by atoms with Gasteiger partial charge in [-0.15, -0.1) is 0 Å². The highest BCUT2D eigenvalue weighted by atomic mass is 19.1. The Labute approximate surface area is 193 Å². The number of hydrogen-bond acceptors (Lipinski definition) is 3. The molecule has 2 N–H and O–H groups in total. The standard InChI is InChI=1S/C23H26FN.C4H4O4/c24-23-8-4-3-7-20(23)21-13-17-11-12-25(14-16-9-10-16)15-22(17)19-6-2-1-5-18(19)21;5-3(6)1-2-4(7)8/h1-8,16-17,21-22H,9-15H2;1-2H,(H,5,6)(H,7,8)/b;2-1-. The molecule has 6 heteroatoms. The van der Waals surface area contributed by atoms with E-state index >= 15 is 0 Å². The Hall–Kier alpha value is -2.99. The third-order valence-electron chi connectivity index (χ3n) is 7.01. The SMILES string of the molecule is Fc1ccccc1C1CC2CCN(CC3CC3)CC2c2ccccc21.O=C(O)/C=C\C(=O)O. The van der Waals surface area contributed by atoms with Crippen molar-refractivity contribution in [2.75, 3.05) is 19.6 Å². The predicted molar refractivity (Wildman–Crippen MR) is 124 cm³/mol. The van der Waals surface area contributed by atoms with E-state index in [0.717, 1.165) is 17.9 Å². The average Bonchev–Trinajstić information content (AvgIpc) is 3.62. The zero-order valence-electron chi connectivity index (χ0n) is 18.6. The van der Waals surface area contributed by atoms with Crippen LogP contribution < -0.4 is 0 Å². The molecule has 2 aliphatic carbocycles. The van der Waals surface area contributed by atoms with Crippen molar-refractivity contribution in [1.29, 1.82) is 0 Å². The van der Waals surface area contributed by atoms with Crippen LogP contribution in [0, 0.1) is 17.7 Å². The van der Waals surface area contributed by atoms with Gasteiger partial charge in [-0.25, -0.2) is 14.0 Å². The average molecular weight is 452 g/mol. The maximum Gasteiger partial charge on any atom is 0.328 e. The number of likely N-dealkylation sites (tertiary alicyclic amines) is 1. The van der Waals surface area contributed by atoms with E-state index in [-0.39, 0.29) is 11.7 Å². The van der Waals surface area contributed by atoms with Gasteiger partial charge in [-0.05, 0) is 72.7 Å². The summed E-state index contributed by atoms with van der Waals surface area (Å²) in [6.07, 6.45) is 6.33. The summed E-state index contributed by atoms with van der Waals surface area (Å²) in [5.74, 6) is -0.0661. The van der Waals surface area contributed by atoms with Gasteiger partial charge in [-0.2, -0.15) is 0 Å². The van der Waals surface area contributed by atoms with Crippen molar-refractivity contribution >= 4 is 11.9 Å². The minimum Gasteiger partial charge on any atom is -0.478 e. The first-order valence-corrected chi connectivity index (χ1v) is 11.6. The summed E-state index contributed by atoms with van der Waals surface area (Å²) in [6, 6.07) is 16.2. The van der Waals surface area contributed by atoms with Gasteiger partial charge in [0.05, 0.1) is 0 Å². The molecule has 5 nitrogen and oxygen atoms in total. The minimum absolute atomic E-state index is 0.0491. The van der Waals surface area contributed by atoms with Crippen molar-refractivity contribution in [2.45, 2.75) is 37.5 Å². The second-order valence-electron chi connectivity index (χ2n) is 9.31. The van der Waals surface area contributed by atoms with Crippen LogP contribution in [0.15, 0.2) is 60.7 Å². The first kappa shape index (κ1) is 23.2. The molecular weight excluding hydrogens is 421 g/mol. The fraction of sp³-hybridized carbons (Fsp3) is 0.407. The lowest BCUT2D eigenvalue weighted by atomic mass is 9.66. The van der Waals surface area contributed by atoms with Crippen molar-refractivity contribution in [2.24, 2.45) is 11.8 Å². The second-order valence-corrected chi connectivity index (χ2v) is 9.31. The number of halogens is 1. The number of rotatable bonds is 5. The van der Waals surface area contributed by atoms with E-state index in [1.54, 1.807) is 12.1 Å². The van der Waals surface area contributed by atoms with Gasteiger partial charge >= 0.3 is 11.9 Å². The molecule has 0 aromatic heterocycles. The van der Waals surface area contributed by atoms with Crippen molar-refractivity contribution in [3.63, 3.8) is 0 Å². The predicted octanol–water partition coefficient (Wildman–Crippen LogP) is 4.89. The number of nitrogens with zero attached hydrogens (tertiary/aromatic N) is 1. The number of fused-ring (bicyclic) bond motifs is 3. The highest BCUT2D eigenvalue weighted by molar-refractivity contribution is 5.89. The van der Waals surface area contributed by atoms with Gasteiger partial charge in [0.25, 0.3) is 0 Å². The normalized spacial score (nSPS) is 24.3. The summed E-state index contributed by atoms with van der Waals surface area (Å²) in [5.41, 5.74) is 3.73. The van der Waals surface area contributed by atoms with Gasteiger partial charge in [0.2, 0.25) is 0 Å². The molecule has 33 heavy (non-hydrogen) atoms. The second kappa shape index (κ2) is 10.3. The number of hydrogen-bond donors (Lipinski definition) is 2. The van der Waals surface area contributed by atoms with E-state index in [1.165, 1.54) is 50.0 Å². The molecule has 3 aliphatic rings. The maximum absolute atomic E-state index is 14.5. The number of benzene rings is 2. The molecular formula is C27H30FNO4. The lowest BCUT2D eigenvalue weighted by molar-refractivity contribution is -0.134. The third-order valence-corrected chi connectivity index (χ3v) is 7.01. The minimum atomic E-state index is -1.26. The molecule has 3 atom stereocenters. The fourth-order valence-electron chi connectivity index (χ4n) is 5.32. The molecule has 1 saturated heterocycles. The smallest absolute Gasteiger partial charge is 0.328 e. The number of carboxylic acid groups (broad SMARTS) is 2. The number of piperidine rings is 1. The van der Waals surface area contributed by atoms with Crippen LogP contribution in [0.1, 0.15) is 54.2 Å². The van der Waals surface area contributed by atoms with Crippen LogP contribution in [-0.4, -0.2) is 46.7 Å². The van der Waals surface area contributed by atoms with Crippen LogP contribution in [0.4, 0.5) is 4.39 Å². The van der Waals surface area contributed by atoms with Gasteiger partial charge < -0.3 is 15.1 Å². The molecule has 0 bridgehead atoms. The Balaban J connectivity index is 0.000000281. The topological polar surface area (TPSA) is 77.8 Å². The number of carboxylic acids is 2. The zero-order valence-corrected chi connectivity index (χ0v) is 18.6. The Morgan fingerprint density at radius 2 is 1.52 bits per heavy atom. The Morgan fingerprint density at radius 3 is 2.12 bits per heavy atom. The van der Waals surface area contributed by atoms with Gasteiger partial charge in [-0.3, -0.25) is 0 Å². The van der Waals surface area contributed by atoms with E-state index in [0.29, 0.717) is 24.0 Å². The summed E-state index contributed by atoms with van der Waals surface area (Å²) in [7, 11) is 0. The van der Waals surface area contributed by atoms with Crippen molar-refractivity contribution < 1.29 is 24.2 Å². The molecule has 0 radical (unpaired) electrons. The highest BCUT2D eigenvalue weighted by Crippen LogP contribution is 2.49. The van der Waals surface area contributed by atoms with E-state index in [2.05, 4.69) is 29.2 Å². The molecule has 2 aromatic rings. The number of carbonyl (C=O) groups is 2. The van der Waals surface area contributed by atoms with Crippen molar-refractivity contribution in [1.82, 2.24) is 4.90 Å². The summed E-state index contributed by atoms with van der Waals surface area (Å²) in [5, 5.41) is 15.6. The van der Waals surface area contributed by atoms with Crippen LogP contribution in [0.3, 0.4) is 0 Å². The van der Waals surface area contributed by atoms with Gasteiger partial charge in [0.1, 0.15) is 5.82 Å². The molecule has 1 saturated carbocycles. The van der Waals surface area contributed by atoms with E-state index < -0.39 is 11.9 Å². The largest absolute Gasteiger partial charge is 0.478 e. The summed E-state index contributed by atoms with van der Waals surface area (Å²) < 4.78 is 14.5. The molecule has 0 amide bonds. The van der Waals surface area contributed by atoms with Gasteiger partial charge in [-0.1, -0.05) is 42.5 Å². The third kappa shape index (κ3) is 5.88. The lowest BCUT2D eigenvalue weighted by Gasteiger charge is -2.45. The van der Waals surface area contributed by atoms with Crippen LogP contribution >= 0.6 is 0 Å². The fourth-order valence-corrected chi connectivity index (χ4v) is 5.32. The first-order chi connectivity index (χ1) is 15.9. The van der Waals surface area contributed by atoms with Crippen LogP contribution in [0.5, 0.6) is 0 Å². The molecule has 1 heterocycles. The van der Waals surface area contributed by atoms with E-state index in [4.69, 9.17) is 10.2 Å². The summed E-state index contributed by atoms with van der Waals surface area (Å²) in [6.45, 7) is 3.72. The molecule has 3 unspecified atom stereocenters. The van der Waals surface area contributed by atoms with Crippen molar-refractivity contribution in [3.8, 4) is 0 Å². The zero-order chi connectivity index (χ0) is 23.4. The molecule has 1 aliphatic heterocycles. The summed E-state index contributed by atoms with van der Waals surface area (Å²) in [4.78, 5) is 21.8. The molecule has 2 aromatic carbocycles. The Kier molecular flexibility index (Phi) is 7.23. The maximum atomic E-state index is 14.5. The molecule has 0 spiro atoms. The molecule has 5 rings (SSSR count).